The summed E-state index contributed by atoms with van der Waals surface area (Å²) in [6.07, 6.45) is 0. The van der Waals surface area contributed by atoms with E-state index < -0.39 is 9.84 Å². The zero-order valence-electron chi connectivity index (χ0n) is 9.17. The summed E-state index contributed by atoms with van der Waals surface area (Å²) in [4.78, 5) is 0.182. The highest BCUT2D eigenvalue weighted by atomic mass is 32.2. The highest BCUT2D eigenvalue weighted by Crippen LogP contribution is 2.14. The monoisotopic (exact) mass is 271 g/mol. The van der Waals surface area contributed by atoms with E-state index in [4.69, 9.17) is 10.4 Å². The molecule has 0 aromatic heterocycles. The number of thioether (sulfide) groups is 1. The molecule has 1 aromatic rings. The topological polar surface area (TPSA) is 78.2 Å². The van der Waals surface area contributed by atoms with Gasteiger partial charge in [-0.15, -0.1) is 0 Å². The summed E-state index contributed by atoms with van der Waals surface area (Å²) >= 11 is 1.39. The standard InChI is InChI=1S/C11H13NO3S2/c12-9-10-2-1-3-11(8-10)17(14,15)7-6-16-5-4-13/h1-3,8,13H,4-7H2. The summed E-state index contributed by atoms with van der Waals surface area (Å²) in [6, 6.07) is 7.92. The normalized spacial score (nSPS) is 11.1. The van der Waals surface area contributed by atoms with Gasteiger partial charge in [-0.05, 0) is 18.2 Å². The van der Waals surface area contributed by atoms with E-state index in [2.05, 4.69) is 0 Å². The summed E-state index contributed by atoms with van der Waals surface area (Å²) in [7, 11) is -3.33. The lowest BCUT2D eigenvalue weighted by Gasteiger charge is -2.04. The average molecular weight is 271 g/mol. The van der Waals surface area contributed by atoms with Gasteiger partial charge < -0.3 is 5.11 Å². The highest BCUT2D eigenvalue weighted by molar-refractivity contribution is 8.00. The molecule has 4 nitrogen and oxygen atoms in total. The Kier molecular flexibility index (Phi) is 5.48. The molecule has 0 heterocycles. The average Bonchev–Trinajstić information content (AvgIpc) is 2.35. The molecule has 0 aliphatic carbocycles. The van der Waals surface area contributed by atoms with Gasteiger partial charge in [0.2, 0.25) is 0 Å². The molecule has 1 aromatic carbocycles. The van der Waals surface area contributed by atoms with E-state index >= 15 is 0 Å². The van der Waals surface area contributed by atoms with Gasteiger partial charge in [0.1, 0.15) is 0 Å². The van der Waals surface area contributed by atoms with Gasteiger partial charge in [0.05, 0.1) is 28.9 Å². The van der Waals surface area contributed by atoms with Crippen LogP contribution in [0.3, 0.4) is 0 Å². The molecular weight excluding hydrogens is 258 g/mol. The van der Waals surface area contributed by atoms with Crippen molar-refractivity contribution in [3.63, 3.8) is 0 Å². The van der Waals surface area contributed by atoms with Crippen molar-refractivity contribution in [1.29, 1.82) is 5.26 Å². The predicted octanol–water partition coefficient (Wildman–Crippen LogP) is 1.06. The molecule has 92 valence electrons. The molecule has 0 radical (unpaired) electrons. The summed E-state index contributed by atoms with van der Waals surface area (Å²) in [5, 5.41) is 17.3. The summed E-state index contributed by atoms with van der Waals surface area (Å²) < 4.78 is 23.8. The maximum atomic E-state index is 11.9. The minimum atomic E-state index is -3.33. The molecule has 0 atom stereocenters. The van der Waals surface area contributed by atoms with Crippen LogP contribution < -0.4 is 0 Å². The quantitative estimate of drug-likeness (QED) is 0.783. The number of hydrogen-bond donors (Lipinski definition) is 1. The number of aliphatic hydroxyl groups excluding tert-OH is 1. The van der Waals surface area contributed by atoms with E-state index in [1.165, 1.54) is 23.9 Å². The molecule has 0 aliphatic heterocycles. The van der Waals surface area contributed by atoms with Gasteiger partial charge in [-0.1, -0.05) is 6.07 Å². The summed E-state index contributed by atoms with van der Waals surface area (Å²) in [5.74, 6) is 1.000. The fourth-order valence-corrected chi connectivity index (χ4v) is 3.72. The van der Waals surface area contributed by atoms with E-state index in [-0.39, 0.29) is 17.3 Å². The van der Waals surface area contributed by atoms with Crippen molar-refractivity contribution in [3.8, 4) is 6.07 Å². The molecule has 0 saturated heterocycles. The predicted molar refractivity (Wildman–Crippen MR) is 67.6 cm³/mol. The Balaban J connectivity index is 2.73. The third-order valence-electron chi connectivity index (χ3n) is 2.05. The zero-order valence-corrected chi connectivity index (χ0v) is 10.8. The molecule has 17 heavy (non-hydrogen) atoms. The first kappa shape index (κ1) is 14.0. The second-order valence-electron chi connectivity index (χ2n) is 3.29. The fraction of sp³-hybridized carbons (Fsp3) is 0.364. The Morgan fingerprint density at radius 1 is 1.35 bits per heavy atom. The van der Waals surface area contributed by atoms with Gasteiger partial charge in [-0.3, -0.25) is 0 Å². The van der Waals surface area contributed by atoms with Crippen molar-refractivity contribution in [1.82, 2.24) is 0 Å². The van der Waals surface area contributed by atoms with E-state index in [1.54, 1.807) is 12.1 Å². The van der Waals surface area contributed by atoms with E-state index in [0.29, 0.717) is 17.1 Å². The van der Waals surface area contributed by atoms with Gasteiger partial charge in [-0.25, -0.2) is 8.42 Å². The van der Waals surface area contributed by atoms with Gasteiger partial charge in [0, 0.05) is 11.5 Å². The number of benzene rings is 1. The Morgan fingerprint density at radius 2 is 2.12 bits per heavy atom. The molecule has 0 bridgehead atoms. The molecule has 0 aliphatic rings. The van der Waals surface area contributed by atoms with Gasteiger partial charge in [0.25, 0.3) is 0 Å². The van der Waals surface area contributed by atoms with Gasteiger partial charge in [0.15, 0.2) is 9.84 Å². The van der Waals surface area contributed by atoms with Crippen LogP contribution in [0.4, 0.5) is 0 Å². The summed E-state index contributed by atoms with van der Waals surface area (Å²) in [5.41, 5.74) is 0.342. The molecule has 1 N–H and O–H groups in total. The first-order chi connectivity index (χ1) is 8.10. The minimum absolute atomic E-state index is 0.0204. The number of aliphatic hydroxyl groups is 1. The van der Waals surface area contributed by atoms with Crippen LogP contribution >= 0.6 is 11.8 Å². The number of hydrogen-bond acceptors (Lipinski definition) is 5. The van der Waals surface area contributed by atoms with Crippen LogP contribution in [0.1, 0.15) is 5.56 Å². The highest BCUT2D eigenvalue weighted by Gasteiger charge is 2.14. The molecule has 0 fully saturated rings. The lowest BCUT2D eigenvalue weighted by atomic mass is 10.2. The third-order valence-corrected chi connectivity index (χ3v) is 4.99. The molecule has 1 rings (SSSR count). The van der Waals surface area contributed by atoms with Gasteiger partial charge in [-0.2, -0.15) is 17.0 Å². The second kappa shape index (κ2) is 6.64. The van der Waals surface area contributed by atoms with Crippen molar-refractivity contribution in [2.45, 2.75) is 4.90 Å². The van der Waals surface area contributed by atoms with Crippen LogP contribution in [0.15, 0.2) is 29.2 Å². The SMILES string of the molecule is N#Cc1cccc(S(=O)(=O)CCSCCO)c1. The first-order valence-corrected chi connectivity index (χ1v) is 7.82. The van der Waals surface area contributed by atoms with E-state index in [0.717, 1.165) is 0 Å². The van der Waals surface area contributed by atoms with Gasteiger partial charge >= 0.3 is 0 Å². The molecule has 0 saturated carbocycles. The smallest absolute Gasteiger partial charge is 0.179 e. The molecule has 6 heteroatoms. The van der Waals surface area contributed by atoms with E-state index in [9.17, 15) is 8.42 Å². The molecule has 0 amide bonds. The molecule has 0 spiro atoms. The first-order valence-electron chi connectivity index (χ1n) is 5.01. The Hall–Kier alpha value is -1.03. The largest absolute Gasteiger partial charge is 0.396 e. The lowest BCUT2D eigenvalue weighted by molar-refractivity contribution is 0.322. The van der Waals surface area contributed by atoms with Crippen molar-refractivity contribution >= 4 is 21.6 Å². The van der Waals surface area contributed by atoms with Crippen molar-refractivity contribution in [3.05, 3.63) is 29.8 Å². The lowest BCUT2D eigenvalue weighted by Crippen LogP contribution is -2.09. The van der Waals surface area contributed by atoms with Crippen molar-refractivity contribution in [2.75, 3.05) is 23.9 Å². The maximum absolute atomic E-state index is 11.9. The fourth-order valence-electron chi connectivity index (χ4n) is 1.21. The van der Waals surface area contributed by atoms with Crippen LogP contribution in [0.2, 0.25) is 0 Å². The Bertz CT molecular complexity index is 506. The van der Waals surface area contributed by atoms with Crippen LogP contribution in [0, 0.1) is 11.3 Å². The number of nitriles is 1. The third kappa shape index (κ3) is 4.38. The number of sulfone groups is 1. The van der Waals surface area contributed by atoms with Crippen molar-refractivity contribution < 1.29 is 13.5 Å². The number of rotatable bonds is 6. The minimum Gasteiger partial charge on any atom is -0.396 e. The van der Waals surface area contributed by atoms with E-state index in [1.807, 2.05) is 6.07 Å². The van der Waals surface area contributed by atoms with Crippen LogP contribution in [0.5, 0.6) is 0 Å². The zero-order chi connectivity index (χ0) is 12.7. The number of nitrogens with zero attached hydrogens (tertiary/aromatic N) is 1. The Morgan fingerprint density at radius 3 is 2.76 bits per heavy atom. The molecular formula is C11H13NO3S2. The van der Waals surface area contributed by atoms with Crippen LogP contribution in [-0.4, -0.2) is 37.4 Å². The second-order valence-corrected chi connectivity index (χ2v) is 6.63. The van der Waals surface area contributed by atoms with Crippen LogP contribution in [0.25, 0.3) is 0 Å². The maximum Gasteiger partial charge on any atom is 0.179 e. The van der Waals surface area contributed by atoms with Crippen LogP contribution in [-0.2, 0) is 9.84 Å². The van der Waals surface area contributed by atoms with Crippen molar-refractivity contribution in [2.24, 2.45) is 0 Å². The Labute approximate surface area is 105 Å². The summed E-state index contributed by atoms with van der Waals surface area (Å²) in [6.45, 7) is 0.0502. The molecule has 0 unspecified atom stereocenters.